The van der Waals surface area contributed by atoms with Crippen LogP contribution in [-0.4, -0.2) is 11.0 Å². The summed E-state index contributed by atoms with van der Waals surface area (Å²) in [6, 6.07) is 11.8. The number of nitrogens with one attached hydrogen (secondary N) is 1. The van der Waals surface area contributed by atoms with Gasteiger partial charge in [0.05, 0.1) is 5.69 Å². The molecule has 0 aliphatic rings. The molecule has 0 unspecified atom stereocenters. The van der Waals surface area contributed by atoms with E-state index in [1.807, 2.05) is 19.1 Å². The fourth-order valence-electron chi connectivity index (χ4n) is 1.67. The van der Waals surface area contributed by atoms with Crippen LogP contribution < -0.4 is 11.1 Å². The molecule has 2 aromatic carbocycles. The predicted octanol–water partition coefficient (Wildman–Crippen LogP) is 2.54. The molecule has 18 heavy (non-hydrogen) atoms. The highest BCUT2D eigenvalue weighted by Gasteiger charge is 2.10. The number of amides is 1. The van der Waals surface area contributed by atoms with E-state index in [2.05, 4.69) is 5.32 Å². The SMILES string of the molecule is Cc1ccccc1C(=O)Nc1ccc(N)cc1O. The maximum Gasteiger partial charge on any atom is 0.256 e. The second kappa shape index (κ2) is 4.79. The Morgan fingerprint density at radius 2 is 1.94 bits per heavy atom. The van der Waals surface area contributed by atoms with Crippen molar-refractivity contribution >= 4 is 17.3 Å². The van der Waals surface area contributed by atoms with E-state index in [1.165, 1.54) is 6.07 Å². The van der Waals surface area contributed by atoms with E-state index in [9.17, 15) is 9.90 Å². The highest BCUT2D eigenvalue weighted by Crippen LogP contribution is 2.25. The minimum atomic E-state index is -0.256. The van der Waals surface area contributed by atoms with Crippen molar-refractivity contribution < 1.29 is 9.90 Å². The number of nitrogens with two attached hydrogens (primary N) is 1. The molecule has 0 bridgehead atoms. The number of nitrogen functional groups attached to an aromatic ring is 1. The zero-order valence-electron chi connectivity index (χ0n) is 9.97. The zero-order valence-corrected chi connectivity index (χ0v) is 9.97. The summed E-state index contributed by atoms with van der Waals surface area (Å²) < 4.78 is 0. The summed E-state index contributed by atoms with van der Waals surface area (Å²) in [5.74, 6) is -0.301. The van der Waals surface area contributed by atoms with Gasteiger partial charge in [-0.05, 0) is 30.7 Å². The Hall–Kier alpha value is -2.49. The van der Waals surface area contributed by atoms with Gasteiger partial charge in [-0.15, -0.1) is 0 Å². The summed E-state index contributed by atoms with van der Waals surface area (Å²) in [7, 11) is 0. The van der Waals surface area contributed by atoms with E-state index in [4.69, 9.17) is 5.73 Å². The van der Waals surface area contributed by atoms with Gasteiger partial charge in [0.2, 0.25) is 0 Å². The van der Waals surface area contributed by atoms with Crippen LogP contribution in [0.1, 0.15) is 15.9 Å². The van der Waals surface area contributed by atoms with Crippen molar-refractivity contribution in [3.05, 3.63) is 53.6 Å². The molecule has 4 N–H and O–H groups in total. The Morgan fingerprint density at radius 3 is 2.61 bits per heavy atom. The van der Waals surface area contributed by atoms with Gasteiger partial charge in [-0.1, -0.05) is 18.2 Å². The van der Waals surface area contributed by atoms with Crippen molar-refractivity contribution in [2.24, 2.45) is 0 Å². The lowest BCUT2D eigenvalue weighted by Gasteiger charge is -2.09. The number of aryl methyl sites for hydroxylation is 1. The molecule has 92 valence electrons. The summed E-state index contributed by atoms with van der Waals surface area (Å²) >= 11 is 0. The monoisotopic (exact) mass is 242 g/mol. The third kappa shape index (κ3) is 2.43. The molecule has 0 saturated carbocycles. The summed E-state index contributed by atoms with van der Waals surface area (Å²) in [4.78, 5) is 12.0. The van der Waals surface area contributed by atoms with Crippen LogP contribution in [0, 0.1) is 6.92 Å². The fourth-order valence-corrected chi connectivity index (χ4v) is 1.67. The number of anilines is 2. The van der Waals surface area contributed by atoms with Crippen molar-refractivity contribution in [2.75, 3.05) is 11.1 Å². The molecule has 0 spiro atoms. The number of aromatic hydroxyl groups is 1. The van der Waals surface area contributed by atoms with Gasteiger partial charge in [-0.3, -0.25) is 4.79 Å². The van der Waals surface area contributed by atoms with Crippen molar-refractivity contribution in [3.8, 4) is 5.75 Å². The van der Waals surface area contributed by atoms with Crippen LogP contribution in [0.5, 0.6) is 5.75 Å². The van der Waals surface area contributed by atoms with Crippen molar-refractivity contribution in [1.29, 1.82) is 0 Å². The molecule has 2 aromatic rings. The maximum absolute atomic E-state index is 12.0. The summed E-state index contributed by atoms with van der Waals surface area (Å²) in [5.41, 5.74) is 7.77. The minimum absolute atomic E-state index is 0.0445. The first-order chi connectivity index (χ1) is 8.58. The number of phenolic OH excluding ortho intramolecular Hbond substituents is 1. The third-order valence-corrected chi connectivity index (χ3v) is 2.66. The predicted molar refractivity (Wildman–Crippen MR) is 71.7 cm³/mol. The molecule has 0 atom stereocenters. The van der Waals surface area contributed by atoms with E-state index >= 15 is 0 Å². The van der Waals surface area contributed by atoms with Gasteiger partial charge in [-0.2, -0.15) is 0 Å². The van der Waals surface area contributed by atoms with E-state index in [1.54, 1.807) is 24.3 Å². The normalized spacial score (nSPS) is 10.1. The van der Waals surface area contributed by atoms with Crippen molar-refractivity contribution in [3.63, 3.8) is 0 Å². The van der Waals surface area contributed by atoms with E-state index in [-0.39, 0.29) is 11.7 Å². The highest BCUT2D eigenvalue weighted by molar-refractivity contribution is 6.06. The van der Waals surface area contributed by atoms with Crippen LogP contribution in [0.2, 0.25) is 0 Å². The molecule has 0 saturated heterocycles. The Labute approximate surface area is 105 Å². The Kier molecular flexibility index (Phi) is 3.19. The van der Waals surface area contributed by atoms with Crippen LogP contribution in [0.3, 0.4) is 0 Å². The number of rotatable bonds is 2. The number of carbonyl (C=O) groups is 1. The first-order valence-corrected chi connectivity index (χ1v) is 5.53. The van der Waals surface area contributed by atoms with Gasteiger partial charge < -0.3 is 16.2 Å². The second-order valence-corrected chi connectivity index (χ2v) is 4.05. The molecule has 0 fully saturated rings. The Bertz CT molecular complexity index is 594. The first-order valence-electron chi connectivity index (χ1n) is 5.53. The molecule has 2 rings (SSSR count). The van der Waals surface area contributed by atoms with Crippen molar-refractivity contribution in [2.45, 2.75) is 6.92 Å². The quantitative estimate of drug-likeness (QED) is 0.559. The van der Waals surface area contributed by atoms with Crippen LogP contribution in [0.25, 0.3) is 0 Å². The van der Waals surface area contributed by atoms with E-state index in [0.29, 0.717) is 16.9 Å². The average molecular weight is 242 g/mol. The van der Waals surface area contributed by atoms with Gasteiger partial charge in [0.1, 0.15) is 5.75 Å². The second-order valence-electron chi connectivity index (χ2n) is 4.05. The number of hydrogen-bond acceptors (Lipinski definition) is 3. The van der Waals surface area contributed by atoms with E-state index in [0.717, 1.165) is 5.56 Å². The zero-order chi connectivity index (χ0) is 13.1. The lowest BCUT2D eigenvalue weighted by atomic mass is 10.1. The van der Waals surface area contributed by atoms with Gasteiger partial charge >= 0.3 is 0 Å². The first kappa shape index (κ1) is 12.0. The van der Waals surface area contributed by atoms with Crippen molar-refractivity contribution in [1.82, 2.24) is 0 Å². The molecule has 0 aliphatic heterocycles. The Morgan fingerprint density at radius 1 is 1.22 bits per heavy atom. The van der Waals surface area contributed by atoms with Crippen LogP contribution in [0.15, 0.2) is 42.5 Å². The molecule has 1 amide bonds. The maximum atomic E-state index is 12.0. The topological polar surface area (TPSA) is 75.4 Å². The summed E-state index contributed by atoms with van der Waals surface area (Å²) in [5, 5.41) is 12.3. The van der Waals surface area contributed by atoms with Gasteiger partial charge in [0.25, 0.3) is 5.91 Å². The number of hydrogen-bond donors (Lipinski definition) is 3. The van der Waals surface area contributed by atoms with Gasteiger partial charge in [0, 0.05) is 17.3 Å². The molecule has 0 radical (unpaired) electrons. The smallest absolute Gasteiger partial charge is 0.256 e. The molecular weight excluding hydrogens is 228 g/mol. The standard InChI is InChI=1S/C14H14N2O2/c1-9-4-2-3-5-11(9)14(18)16-12-7-6-10(15)8-13(12)17/h2-8,17H,15H2,1H3,(H,16,18). The lowest BCUT2D eigenvalue weighted by molar-refractivity contribution is 0.102. The fraction of sp³-hybridized carbons (Fsp3) is 0.0714. The Balaban J connectivity index is 2.24. The van der Waals surface area contributed by atoms with Crippen LogP contribution in [-0.2, 0) is 0 Å². The molecular formula is C14H14N2O2. The van der Waals surface area contributed by atoms with Gasteiger partial charge in [-0.25, -0.2) is 0 Å². The number of carbonyl (C=O) groups excluding carboxylic acids is 1. The van der Waals surface area contributed by atoms with E-state index < -0.39 is 0 Å². The van der Waals surface area contributed by atoms with Gasteiger partial charge in [0.15, 0.2) is 0 Å². The molecule has 0 aliphatic carbocycles. The molecule has 4 nitrogen and oxygen atoms in total. The van der Waals surface area contributed by atoms with Crippen LogP contribution >= 0.6 is 0 Å². The third-order valence-electron chi connectivity index (χ3n) is 2.66. The molecule has 0 heterocycles. The number of phenols is 1. The lowest BCUT2D eigenvalue weighted by Crippen LogP contribution is -2.13. The summed E-state index contributed by atoms with van der Waals surface area (Å²) in [6.45, 7) is 1.86. The van der Waals surface area contributed by atoms with Crippen LogP contribution in [0.4, 0.5) is 11.4 Å². The number of benzene rings is 2. The minimum Gasteiger partial charge on any atom is -0.506 e. The largest absolute Gasteiger partial charge is 0.506 e. The highest BCUT2D eigenvalue weighted by atomic mass is 16.3. The summed E-state index contributed by atoms with van der Waals surface area (Å²) in [6.07, 6.45) is 0. The average Bonchev–Trinajstić information content (AvgIpc) is 2.33. The molecule has 4 heteroatoms. The molecule has 0 aromatic heterocycles.